The SMILES string of the molecule is O=C1C2C(C(=O)N1c1ccc([N+](=O)[O-])cc1)[C@@H]1C[C@H]2C2Sc3[nH]c(=O)sc3C(c3cc([N+](=O)[O-])ccc3OCc3ccccc3)C21. The van der Waals surface area contributed by atoms with Crippen LogP contribution in [-0.2, 0) is 16.2 Å². The van der Waals surface area contributed by atoms with Crippen LogP contribution < -0.4 is 14.5 Å². The molecule has 4 aromatic rings. The van der Waals surface area contributed by atoms with Crippen molar-refractivity contribution in [3.05, 3.63) is 119 Å². The lowest BCUT2D eigenvalue weighted by Crippen LogP contribution is -2.42. The molecular formula is C32H24N4O8S2. The number of amides is 2. The van der Waals surface area contributed by atoms with Crippen LogP contribution >= 0.6 is 23.1 Å². The fraction of sp³-hybridized carbons (Fsp3) is 0.281. The molecule has 3 aromatic carbocycles. The maximum Gasteiger partial charge on any atom is 0.305 e. The number of benzene rings is 3. The van der Waals surface area contributed by atoms with Crippen LogP contribution in [0.15, 0.2) is 82.6 Å². The Morgan fingerprint density at radius 3 is 2.24 bits per heavy atom. The number of fused-ring (bicyclic) bond motifs is 9. The van der Waals surface area contributed by atoms with Gasteiger partial charge in [0, 0.05) is 45.9 Å². The maximum atomic E-state index is 14.0. The van der Waals surface area contributed by atoms with Gasteiger partial charge in [-0.05, 0) is 47.9 Å². The van der Waals surface area contributed by atoms with Crippen molar-refractivity contribution < 1.29 is 24.2 Å². The number of carbonyl (C=O) groups is 2. The third-order valence-corrected chi connectivity index (χ3v) is 12.4. The van der Waals surface area contributed by atoms with Gasteiger partial charge >= 0.3 is 4.87 Å². The van der Waals surface area contributed by atoms with E-state index in [0.717, 1.165) is 26.7 Å². The van der Waals surface area contributed by atoms with E-state index in [2.05, 4.69) is 4.98 Å². The normalized spacial score (nSPS) is 27.3. The second kappa shape index (κ2) is 10.6. The van der Waals surface area contributed by atoms with Gasteiger partial charge in [-0.3, -0.25) is 39.5 Å². The summed E-state index contributed by atoms with van der Waals surface area (Å²) in [4.78, 5) is 67.4. The number of hydrogen-bond acceptors (Lipinski definition) is 10. The quantitative estimate of drug-likeness (QED) is 0.153. The molecule has 5 unspecified atom stereocenters. The first-order valence-electron chi connectivity index (χ1n) is 14.7. The number of carbonyl (C=O) groups excluding carboxylic acids is 2. The summed E-state index contributed by atoms with van der Waals surface area (Å²) in [6, 6.07) is 19.4. The number of nitrogens with one attached hydrogen (secondary N) is 1. The Bertz CT molecular complexity index is 1990. The number of thiazole rings is 1. The molecule has 4 aliphatic rings. The second-order valence-electron chi connectivity index (χ2n) is 12.0. The van der Waals surface area contributed by atoms with Crippen molar-refractivity contribution in [3.8, 4) is 5.75 Å². The molecule has 232 valence electrons. The number of anilines is 1. The molecule has 2 aliphatic heterocycles. The number of hydrogen-bond donors (Lipinski definition) is 1. The zero-order valence-electron chi connectivity index (χ0n) is 23.8. The number of thioether (sulfide) groups is 1. The molecule has 2 bridgehead atoms. The molecule has 2 saturated carbocycles. The lowest BCUT2D eigenvalue weighted by molar-refractivity contribution is -0.385. The minimum absolute atomic E-state index is 0.112. The number of aromatic nitrogens is 1. The number of ether oxygens (including phenoxy) is 1. The summed E-state index contributed by atoms with van der Waals surface area (Å²) in [7, 11) is 0. The van der Waals surface area contributed by atoms with Crippen LogP contribution in [0.25, 0.3) is 0 Å². The van der Waals surface area contributed by atoms with Crippen LogP contribution in [0.4, 0.5) is 17.1 Å². The summed E-state index contributed by atoms with van der Waals surface area (Å²) in [5.74, 6) is -2.47. The van der Waals surface area contributed by atoms with Gasteiger partial charge in [0.2, 0.25) is 11.8 Å². The molecule has 8 rings (SSSR count). The molecule has 1 saturated heterocycles. The van der Waals surface area contributed by atoms with Gasteiger partial charge in [-0.25, -0.2) is 0 Å². The van der Waals surface area contributed by atoms with Crippen LogP contribution in [0.1, 0.15) is 28.3 Å². The molecule has 2 amide bonds. The van der Waals surface area contributed by atoms with Crippen molar-refractivity contribution in [1.82, 2.24) is 4.98 Å². The van der Waals surface area contributed by atoms with Gasteiger partial charge in [0.1, 0.15) is 12.4 Å². The van der Waals surface area contributed by atoms with E-state index in [4.69, 9.17) is 4.74 Å². The van der Waals surface area contributed by atoms with Crippen LogP contribution in [0.5, 0.6) is 5.75 Å². The largest absolute Gasteiger partial charge is 0.489 e. The fourth-order valence-electron chi connectivity index (χ4n) is 8.10. The molecule has 0 radical (unpaired) electrons. The average molecular weight is 657 g/mol. The minimum atomic E-state index is -0.610. The van der Waals surface area contributed by atoms with Crippen LogP contribution in [0, 0.1) is 49.8 Å². The number of aromatic amines is 1. The average Bonchev–Trinajstić information content (AvgIpc) is 3.79. The van der Waals surface area contributed by atoms with E-state index >= 15 is 0 Å². The molecule has 7 atom stereocenters. The molecule has 1 aromatic heterocycles. The number of rotatable bonds is 7. The van der Waals surface area contributed by atoms with E-state index < -0.39 is 27.6 Å². The molecule has 0 spiro atoms. The van der Waals surface area contributed by atoms with Crippen molar-refractivity contribution in [2.45, 2.75) is 29.2 Å². The van der Waals surface area contributed by atoms with E-state index in [1.54, 1.807) is 6.07 Å². The number of nitro benzene ring substituents is 2. The Kier molecular flexibility index (Phi) is 6.62. The van der Waals surface area contributed by atoms with Crippen molar-refractivity contribution >= 4 is 52.0 Å². The number of nitrogens with zero attached hydrogens (tertiary/aromatic N) is 3. The lowest BCUT2D eigenvalue weighted by atomic mass is 9.68. The van der Waals surface area contributed by atoms with Gasteiger partial charge < -0.3 is 9.72 Å². The van der Waals surface area contributed by atoms with Crippen molar-refractivity contribution in [1.29, 1.82) is 0 Å². The van der Waals surface area contributed by atoms with Crippen molar-refractivity contribution in [3.63, 3.8) is 0 Å². The zero-order valence-corrected chi connectivity index (χ0v) is 25.4. The predicted octanol–water partition coefficient (Wildman–Crippen LogP) is 5.51. The summed E-state index contributed by atoms with van der Waals surface area (Å²) in [5, 5.41) is 23.7. The Balaban J connectivity index is 1.21. The van der Waals surface area contributed by atoms with Gasteiger partial charge in [0.15, 0.2) is 0 Å². The molecule has 14 heteroatoms. The van der Waals surface area contributed by atoms with Gasteiger partial charge in [-0.2, -0.15) is 0 Å². The van der Waals surface area contributed by atoms with E-state index in [9.17, 15) is 34.6 Å². The third-order valence-electron chi connectivity index (χ3n) is 9.82. The first-order chi connectivity index (χ1) is 22.2. The Labute approximate surface area is 268 Å². The summed E-state index contributed by atoms with van der Waals surface area (Å²) in [6.07, 6.45) is 0.633. The van der Waals surface area contributed by atoms with E-state index in [1.165, 1.54) is 48.2 Å². The Morgan fingerprint density at radius 1 is 0.870 bits per heavy atom. The molecule has 1 N–H and O–H groups in total. The van der Waals surface area contributed by atoms with Gasteiger partial charge in [0.25, 0.3) is 11.4 Å². The lowest BCUT2D eigenvalue weighted by Gasteiger charge is -2.43. The molecule has 3 fully saturated rings. The van der Waals surface area contributed by atoms with Gasteiger partial charge in [-0.15, -0.1) is 11.8 Å². The van der Waals surface area contributed by atoms with E-state index in [-0.39, 0.29) is 57.7 Å². The number of nitro groups is 2. The highest BCUT2D eigenvalue weighted by molar-refractivity contribution is 8.00. The summed E-state index contributed by atoms with van der Waals surface area (Å²) >= 11 is 2.57. The summed E-state index contributed by atoms with van der Waals surface area (Å²) in [6.45, 7) is 0.228. The monoisotopic (exact) mass is 656 g/mol. The highest BCUT2D eigenvalue weighted by Gasteiger charge is 2.70. The Hall–Kier alpha value is -4.82. The third kappa shape index (κ3) is 4.31. The summed E-state index contributed by atoms with van der Waals surface area (Å²) < 4.78 is 6.30. The van der Waals surface area contributed by atoms with Gasteiger partial charge in [0.05, 0.1) is 32.4 Å². The zero-order chi connectivity index (χ0) is 31.9. The summed E-state index contributed by atoms with van der Waals surface area (Å²) in [5.41, 5.74) is 1.53. The Morgan fingerprint density at radius 2 is 1.54 bits per heavy atom. The minimum Gasteiger partial charge on any atom is -0.489 e. The van der Waals surface area contributed by atoms with Crippen molar-refractivity contribution in [2.24, 2.45) is 29.6 Å². The topological polar surface area (TPSA) is 166 Å². The van der Waals surface area contributed by atoms with Crippen LogP contribution in [-0.4, -0.2) is 31.9 Å². The molecule has 46 heavy (non-hydrogen) atoms. The van der Waals surface area contributed by atoms with Crippen molar-refractivity contribution in [2.75, 3.05) is 4.90 Å². The fourth-order valence-corrected chi connectivity index (χ4v) is 11.0. The van der Waals surface area contributed by atoms with Crippen LogP contribution in [0.2, 0.25) is 0 Å². The number of non-ortho nitro benzene ring substituents is 2. The molecule has 3 heterocycles. The van der Waals surface area contributed by atoms with E-state index in [1.807, 2.05) is 30.3 Å². The standard InChI is InChI=1S/C32H24N4O8S2/c37-30-25-20-13-21(26(25)31(38)34(30)16-6-8-17(9-7-16)35(40)41)27-24(20)23(28-29(45-27)33-32(39)46-28)19-12-18(36(42)43)10-11-22(19)44-14-15-4-2-1-3-5-15/h1-12,20-21,23-27H,13-14H2,(H,33,39)/t20-,21-,23?,24?,25?,26?,27?/m1/s1. The molecule has 2 aliphatic carbocycles. The van der Waals surface area contributed by atoms with Gasteiger partial charge in [-0.1, -0.05) is 41.7 Å². The maximum absolute atomic E-state index is 14.0. The molecular weight excluding hydrogens is 633 g/mol. The first kappa shape index (κ1) is 28.6. The predicted molar refractivity (Wildman–Crippen MR) is 168 cm³/mol. The van der Waals surface area contributed by atoms with Crippen LogP contribution in [0.3, 0.4) is 0 Å². The first-order valence-corrected chi connectivity index (χ1v) is 16.4. The number of imide groups is 1. The second-order valence-corrected chi connectivity index (χ2v) is 14.2. The highest BCUT2D eigenvalue weighted by Crippen LogP contribution is 2.69. The highest BCUT2D eigenvalue weighted by atomic mass is 32.2. The molecule has 12 nitrogen and oxygen atoms in total. The van der Waals surface area contributed by atoms with E-state index in [0.29, 0.717) is 28.4 Å². The smallest absolute Gasteiger partial charge is 0.305 e. The number of H-pyrrole nitrogens is 1.